The summed E-state index contributed by atoms with van der Waals surface area (Å²) in [6, 6.07) is 10.7. The molecule has 31 heavy (non-hydrogen) atoms. The van der Waals surface area contributed by atoms with E-state index in [-0.39, 0.29) is 24.0 Å². The number of fused-ring (bicyclic) bond motifs is 3. The lowest BCUT2D eigenvalue weighted by Gasteiger charge is -2.45. The highest BCUT2D eigenvalue weighted by Crippen LogP contribution is 2.27. The summed E-state index contributed by atoms with van der Waals surface area (Å²) in [7, 11) is -3.75. The Kier molecular flexibility index (Phi) is 5.19. The molecule has 2 atom stereocenters. The van der Waals surface area contributed by atoms with Crippen LogP contribution in [0, 0.1) is 5.82 Å². The van der Waals surface area contributed by atoms with Gasteiger partial charge in [-0.05, 0) is 66.8 Å². The topological polar surface area (TPSA) is 79.0 Å². The lowest BCUT2D eigenvalue weighted by molar-refractivity contribution is -0.110. The molecule has 5 rings (SSSR count). The third-order valence-corrected chi connectivity index (χ3v) is 7.98. The van der Waals surface area contributed by atoms with Crippen molar-refractivity contribution in [2.45, 2.75) is 36.4 Å². The van der Waals surface area contributed by atoms with Gasteiger partial charge in [0, 0.05) is 18.8 Å². The number of nitrogens with one attached hydrogen (secondary N) is 1. The SMILES string of the molecule is O=C(Nc1ccc2c(c1)CCC2)N1CC2CN(S(=O)(=O)c3ccc(F)cc3)CC(C1)O2. The Hall–Kier alpha value is -2.49. The first-order valence-electron chi connectivity index (χ1n) is 10.5. The molecular weight excluding hydrogens is 421 g/mol. The zero-order valence-corrected chi connectivity index (χ0v) is 17.8. The first kappa shape index (κ1) is 20.4. The van der Waals surface area contributed by atoms with Gasteiger partial charge in [-0.2, -0.15) is 4.31 Å². The molecule has 2 amide bonds. The molecule has 2 heterocycles. The van der Waals surface area contributed by atoms with Crippen LogP contribution in [0.3, 0.4) is 0 Å². The van der Waals surface area contributed by atoms with Crippen LogP contribution in [-0.4, -0.2) is 62.0 Å². The van der Waals surface area contributed by atoms with Gasteiger partial charge in [-0.3, -0.25) is 0 Å². The van der Waals surface area contributed by atoms with E-state index in [2.05, 4.69) is 11.4 Å². The maximum Gasteiger partial charge on any atom is 0.322 e. The van der Waals surface area contributed by atoms with Gasteiger partial charge in [0.2, 0.25) is 10.0 Å². The molecule has 9 heteroatoms. The molecule has 7 nitrogen and oxygen atoms in total. The van der Waals surface area contributed by atoms with Crippen LogP contribution in [0.2, 0.25) is 0 Å². The van der Waals surface area contributed by atoms with Crippen molar-refractivity contribution in [3.05, 3.63) is 59.4 Å². The second-order valence-electron chi connectivity index (χ2n) is 8.33. The number of carbonyl (C=O) groups excluding carboxylic acids is 1. The Morgan fingerprint density at radius 3 is 2.35 bits per heavy atom. The number of halogens is 1. The van der Waals surface area contributed by atoms with E-state index >= 15 is 0 Å². The van der Waals surface area contributed by atoms with E-state index in [0.717, 1.165) is 37.1 Å². The lowest BCUT2D eigenvalue weighted by Crippen LogP contribution is -2.61. The van der Waals surface area contributed by atoms with Crippen LogP contribution in [0.1, 0.15) is 17.5 Å². The molecule has 2 aromatic rings. The van der Waals surface area contributed by atoms with Crippen molar-refractivity contribution in [3.8, 4) is 0 Å². The zero-order chi connectivity index (χ0) is 21.6. The lowest BCUT2D eigenvalue weighted by atomic mass is 10.1. The Labute approximate surface area is 180 Å². The van der Waals surface area contributed by atoms with Crippen LogP contribution in [0.25, 0.3) is 0 Å². The highest BCUT2D eigenvalue weighted by atomic mass is 32.2. The van der Waals surface area contributed by atoms with E-state index in [1.165, 1.54) is 27.6 Å². The minimum absolute atomic E-state index is 0.0556. The van der Waals surface area contributed by atoms with Crippen molar-refractivity contribution in [1.29, 1.82) is 0 Å². The fourth-order valence-corrected chi connectivity index (χ4v) is 6.13. The predicted octanol–water partition coefficient (Wildman–Crippen LogP) is 2.62. The number of benzene rings is 2. The summed E-state index contributed by atoms with van der Waals surface area (Å²) in [6.07, 6.45) is 2.46. The first-order chi connectivity index (χ1) is 14.9. The van der Waals surface area contributed by atoms with Gasteiger partial charge in [-0.1, -0.05) is 6.07 Å². The van der Waals surface area contributed by atoms with Crippen LogP contribution in [0.5, 0.6) is 0 Å². The first-order valence-corrected chi connectivity index (χ1v) is 11.9. The number of urea groups is 1. The van der Waals surface area contributed by atoms with E-state index in [4.69, 9.17) is 4.74 Å². The molecule has 2 fully saturated rings. The average Bonchev–Trinajstić information content (AvgIpc) is 3.21. The summed E-state index contributed by atoms with van der Waals surface area (Å²) in [5.74, 6) is -0.483. The fourth-order valence-electron chi connectivity index (χ4n) is 4.62. The number of hydrogen-bond donors (Lipinski definition) is 1. The van der Waals surface area contributed by atoms with Crippen molar-refractivity contribution in [3.63, 3.8) is 0 Å². The molecule has 2 bridgehead atoms. The molecule has 2 saturated heterocycles. The van der Waals surface area contributed by atoms with E-state index in [0.29, 0.717) is 13.1 Å². The predicted molar refractivity (Wildman–Crippen MR) is 113 cm³/mol. The van der Waals surface area contributed by atoms with Gasteiger partial charge in [-0.15, -0.1) is 0 Å². The molecule has 2 unspecified atom stereocenters. The van der Waals surface area contributed by atoms with Gasteiger partial charge in [0.15, 0.2) is 0 Å². The van der Waals surface area contributed by atoms with Crippen LogP contribution >= 0.6 is 0 Å². The maximum atomic E-state index is 13.2. The third kappa shape index (κ3) is 4.05. The van der Waals surface area contributed by atoms with Crippen molar-refractivity contribution in [2.75, 3.05) is 31.5 Å². The summed E-state index contributed by atoms with van der Waals surface area (Å²) < 4.78 is 46.3. The summed E-state index contributed by atoms with van der Waals surface area (Å²) in [4.78, 5) is 14.6. The number of carbonyl (C=O) groups is 1. The van der Waals surface area contributed by atoms with Gasteiger partial charge in [0.1, 0.15) is 5.82 Å². The molecule has 1 aliphatic carbocycles. The van der Waals surface area contributed by atoms with Gasteiger partial charge in [0.25, 0.3) is 0 Å². The maximum absolute atomic E-state index is 13.2. The molecule has 0 aromatic heterocycles. The molecule has 1 N–H and O–H groups in total. The number of rotatable bonds is 3. The molecule has 0 radical (unpaired) electrons. The molecule has 3 aliphatic rings. The number of amides is 2. The molecule has 0 spiro atoms. The standard InChI is InChI=1S/C22H24FN3O4S/c23-17-5-8-21(9-6-17)31(28,29)26-13-19-11-25(12-20(14-26)30-19)22(27)24-18-7-4-15-2-1-3-16(15)10-18/h4-10,19-20H,1-3,11-14H2,(H,24,27). The smallest absolute Gasteiger partial charge is 0.322 e. The summed E-state index contributed by atoms with van der Waals surface area (Å²) in [6.45, 7) is 0.920. The normalized spacial score (nSPS) is 23.5. The summed E-state index contributed by atoms with van der Waals surface area (Å²) in [5.41, 5.74) is 3.42. The monoisotopic (exact) mass is 445 g/mol. The second-order valence-corrected chi connectivity index (χ2v) is 10.3. The summed E-state index contributed by atoms with van der Waals surface area (Å²) >= 11 is 0. The quantitative estimate of drug-likeness (QED) is 0.788. The Morgan fingerprint density at radius 2 is 1.65 bits per heavy atom. The van der Waals surface area contributed by atoms with E-state index < -0.39 is 28.0 Å². The fraction of sp³-hybridized carbons (Fsp3) is 0.409. The Balaban J connectivity index is 1.25. The number of anilines is 1. The average molecular weight is 446 g/mol. The van der Waals surface area contributed by atoms with Crippen molar-refractivity contribution in [2.24, 2.45) is 0 Å². The number of morpholine rings is 2. The minimum Gasteiger partial charge on any atom is -0.369 e. The Morgan fingerprint density at radius 1 is 0.968 bits per heavy atom. The van der Waals surface area contributed by atoms with Crippen LogP contribution < -0.4 is 5.32 Å². The number of nitrogens with zero attached hydrogens (tertiary/aromatic N) is 2. The van der Waals surface area contributed by atoms with Crippen LogP contribution in [0.15, 0.2) is 47.4 Å². The number of sulfonamides is 1. The van der Waals surface area contributed by atoms with Gasteiger partial charge >= 0.3 is 6.03 Å². The number of hydrogen-bond acceptors (Lipinski definition) is 4. The van der Waals surface area contributed by atoms with Gasteiger partial charge in [-0.25, -0.2) is 17.6 Å². The van der Waals surface area contributed by atoms with Crippen molar-refractivity contribution >= 4 is 21.7 Å². The summed E-state index contributed by atoms with van der Waals surface area (Å²) in [5, 5.41) is 2.97. The van der Waals surface area contributed by atoms with E-state index in [1.54, 1.807) is 4.90 Å². The largest absolute Gasteiger partial charge is 0.369 e. The molecule has 2 aliphatic heterocycles. The number of ether oxygens (including phenoxy) is 1. The zero-order valence-electron chi connectivity index (χ0n) is 17.0. The molecule has 2 aromatic carbocycles. The highest BCUT2D eigenvalue weighted by Gasteiger charge is 2.41. The molecular formula is C22H24FN3O4S. The van der Waals surface area contributed by atoms with Crippen LogP contribution in [-0.2, 0) is 27.6 Å². The third-order valence-electron chi connectivity index (χ3n) is 6.14. The van der Waals surface area contributed by atoms with E-state index in [9.17, 15) is 17.6 Å². The number of aryl methyl sites for hydroxylation is 2. The Bertz CT molecular complexity index is 1090. The van der Waals surface area contributed by atoms with Crippen LogP contribution in [0.4, 0.5) is 14.9 Å². The highest BCUT2D eigenvalue weighted by molar-refractivity contribution is 7.89. The molecule has 0 saturated carbocycles. The van der Waals surface area contributed by atoms with E-state index in [1.807, 2.05) is 12.1 Å². The van der Waals surface area contributed by atoms with Crippen molar-refractivity contribution < 1.29 is 22.3 Å². The molecule has 164 valence electrons. The minimum atomic E-state index is -3.75. The second kappa shape index (κ2) is 7.89. The van der Waals surface area contributed by atoms with Gasteiger partial charge in [0.05, 0.1) is 30.2 Å². The van der Waals surface area contributed by atoms with Crippen molar-refractivity contribution in [1.82, 2.24) is 9.21 Å². The van der Waals surface area contributed by atoms with Gasteiger partial charge < -0.3 is 15.0 Å².